The fourth-order valence-electron chi connectivity index (χ4n) is 1.78. The number of nitrogens with one attached hydrogen (secondary N) is 1. The molecule has 1 unspecified atom stereocenters. The number of esters is 1. The smallest absolute Gasteiger partial charge is 0.312 e. The number of thiazole rings is 1. The highest BCUT2D eigenvalue weighted by Crippen LogP contribution is 2.34. The van der Waals surface area contributed by atoms with Crippen LogP contribution in [0.2, 0.25) is 4.34 Å². The standard InChI is InChI=1S/C14H15ClN2O4S3/c1-3-5-12(18)21-13-8-16-14(23-13)17-24(19,20)10(4-2)9-6-7-11(15)22-9/h4,6-8,10H,2-3,5H2,1H3,(H,16,17). The van der Waals surface area contributed by atoms with Crippen molar-refractivity contribution in [2.45, 2.75) is 25.0 Å². The molecule has 0 aliphatic rings. The van der Waals surface area contributed by atoms with E-state index in [0.29, 0.717) is 15.6 Å². The third-order valence-corrected chi connectivity index (χ3v) is 6.78. The first-order chi connectivity index (χ1) is 11.4. The zero-order chi connectivity index (χ0) is 17.7. The molecule has 0 amide bonds. The second-order valence-corrected chi connectivity index (χ2v) is 9.20. The Kier molecular flexibility index (Phi) is 6.39. The van der Waals surface area contributed by atoms with Gasteiger partial charge < -0.3 is 4.74 Å². The summed E-state index contributed by atoms with van der Waals surface area (Å²) in [5, 5.41) is -0.603. The molecule has 0 bridgehead atoms. The first-order valence-electron chi connectivity index (χ1n) is 6.91. The molecule has 10 heteroatoms. The molecule has 2 aromatic rings. The first-order valence-corrected chi connectivity index (χ1v) is 10.5. The molecule has 130 valence electrons. The molecule has 0 fully saturated rings. The van der Waals surface area contributed by atoms with Crippen LogP contribution in [0.25, 0.3) is 0 Å². The summed E-state index contributed by atoms with van der Waals surface area (Å²) in [6, 6.07) is 3.26. The van der Waals surface area contributed by atoms with Crippen LogP contribution in [-0.2, 0) is 14.8 Å². The average molecular weight is 407 g/mol. The molecule has 0 spiro atoms. The van der Waals surface area contributed by atoms with E-state index in [2.05, 4.69) is 16.3 Å². The van der Waals surface area contributed by atoms with E-state index in [4.69, 9.17) is 16.3 Å². The number of halogens is 1. The van der Waals surface area contributed by atoms with Crippen molar-refractivity contribution >= 4 is 55.4 Å². The van der Waals surface area contributed by atoms with Crippen molar-refractivity contribution < 1.29 is 17.9 Å². The molecular weight excluding hydrogens is 392 g/mol. The minimum Gasteiger partial charge on any atom is -0.414 e. The van der Waals surface area contributed by atoms with E-state index < -0.39 is 15.3 Å². The fourth-order valence-corrected chi connectivity index (χ4v) is 5.46. The van der Waals surface area contributed by atoms with Gasteiger partial charge in [-0.25, -0.2) is 13.4 Å². The highest BCUT2D eigenvalue weighted by molar-refractivity contribution is 7.93. The molecule has 6 nitrogen and oxygen atoms in total. The summed E-state index contributed by atoms with van der Waals surface area (Å²) >= 11 is 7.97. The van der Waals surface area contributed by atoms with Gasteiger partial charge in [-0.2, -0.15) is 0 Å². The van der Waals surface area contributed by atoms with Gasteiger partial charge in [0.1, 0.15) is 5.25 Å². The van der Waals surface area contributed by atoms with E-state index in [1.165, 1.54) is 23.6 Å². The van der Waals surface area contributed by atoms with Gasteiger partial charge in [0, 0.05) is 11.3 Å². The average Bonchev–Trinajstić information content (AvgIpc) is 3.08. The predicted molar refractivity (Wildman–Crippen MR) is 97.5 cm³/mol. The number of hydrogen-bond donors (Lipinski definition) is 1. The van der Waals surface area contributed by atoms with E-state index in [-0.39, 0.29) is 22.6 Å². The van der Waals surface area contributed by atoms with E-state index in [0.717, 1.165) is 11.3 Å². The number of sulfonamides is 1. The van der Waals surface area contributed by atoms with Gasteiger partial charge in [-0.3, -0.25) is 9.52 Å². The van der Waals surface area contributed by atoms with Crippen molar-refractivity contribution in [1.29, 1.82) is 0 Å². The van der Waals surface area contributed by atoms with E-state index >= 15 is 0 Å². The monoisotopic (exact) mass is 406 g/mol. The Morgan fingerprint density at radius 1 is 1.50 bits per heavy atom. The molecule has 2 heterocycles. The molecule has 0 saturated carbocycles. The summed E-state index contributed by atoms with van der Waals surface area (Å²) in [4.78, 5) is 15.9. The lowest BCUT2D eigenvalue weighted by Crippen LogP contribution is -2.19. The predicted octanol–water partition coefficient (Wildman–Crippen LogP) is 4.23. The Balaban J connectivity index is 2.12. The summed E-state index contributed by atoms with van der Waals surface area (Å²) in [7, 11) is -3.80. The van der Waals surface area contributed by atoms with Gasteiger partial charge in [0.15, 0.2) is 5.13 Å². The summed E-state index contributed by atoms with van der Waals surface area (Å²) < 4.78 is 33.0. The third-order valence-electron chi connectivity index (χ3n) is 2.81. The van der Waals surface area contributed by atoms with Crippen LogP contribution >= 0.6 is 34.3 Å². The molecule has 0 aliphatic carbocycles. The lowest BCUT2D eigenvalue weighted by Gasteiger charge is -2.12. The largest absolute Gasteiger partial charge is 0.414 e. The van der Waals surface area contributed by atoms with Crippen LogP contribution in [0.5, 0.6) is 5.06 Å². The van der Waals surface area contributed by atoms with Gasteiger partial charge in [0.25, 0.3) is 0 Å². The molecular formula is C14H15ClN2O4S3. The number of anilines is 1. The van der Waals surface area contributed by atoms with Crippen molar-refractivity contribution in [3.05, 3.63) is 40.2 Å². The Morgan fingerprint density at radius 2 is 2.25 bits per heavy atom. The van der Waals surface area contributed by atoms with Gasteiger partial charge in [-0.1, -0.05) is 35.9 Å². The lowest BCUT2D eigenvalue weighted by atomic mass is 10.3. The van der Waals surface area contributed by atoms with Crippen molar-refractivity contribution in [2.75, 3.05) is 4.72 Å². The number of carbonyl (C=O) groups is 1. The normalized spacial score (nSPS) is 12.6. The fraction of sp³-hybridized carbons (Fsp3) is 0.286. The summed E-state index contributed by atoms with van der Waals surface area (Å²) in [5.41, 5.74) is 0. The Morgan fingerprint density at radius 3 is 2.83 bits per heavy atom. The molecule has 1 atom stereocenters. The topological polar surface area (TPSA) is 85.4 Å². The number of ether oxygens (including phenoxy) is 1. The van der Waals surface area contributed by atoms with Crippen LogP contribution in [-0.4, -0.2) is 19.4 Å². The first kappa shape index (κ1) is 18.9. The SMILES string of the molecule is C=CC(c1ccc(Cl)s1)S(=O)(=O)Nc1ncc(OC(=O)CCC)s1. The number of carbonyl (C=O) groups excluding carboxylic acids is 1. The van der Waals surface area contributed by atoms with Gasteiger partial charge in [-0.15, -0.1) is 17.9 Å². The highest BCUT2D eigenvalue weighted by atomic mass is 35.5. The third kappa shape index (κ3) is 4.79. The zero-order valence-corrected chi connectivity index (χ0v) is 15.9. The number of thiophene rings is 1. The minimum atomic E-state index is -3.80. The lowest BCUT2D eigenvalue weighted by molar-refractivity contribution is -0.134. The van der Waals surface area contributed by atoms with Crippen molar-refractivity contribution in [3.63, 3.8) is 0 Å². The number of rotatable bonds is 8. The summed E-state index contributed by atoms with van der Waals surface area (Å²) in [6.07, 6.45) is 3.58. The second-order valence-electron chi connectivity index (χ2n) is 4.65. The molecule has 2 aromatic heterocycles. The Labute approximate surface area is 153 Å². The molecule has 0 radical (unpaired) electrons. The maximum absolute atomic E-state index is 12.5. The highest BCUT2D eigenvalue weighted by Gasteiger charge is 2.27. The molecule has 0 aliphatic heterocycles. The molecule has 0 aromatic carbocycles. The quantitative estimate of drug-likeness (QED) is 0.523. The van der Waals surface area contributed by atoms with Crippen LogP contribution in [0.3, 0.4) is 0 Å². The number of aromatic nitrogens is 1. The van der Waals surface area contributed by atoms with Crippen LogP contribution in [0.4, 0.5) is 5.13 Å². The Bertz CT molecular complexity index is 829. The second kappa shape index (κ2) is 8.11. The van der Waals surface area contributed by atoms with Gasteiger partial charge in [0.2, 0.25) is 15.1 Å². The molecule has 2 rings (SSSR count). The van der Waals surface area contributed by atoms with E-state index in [1.807, 2.05) is 6.92 Å². The van der Waals surface area contributed by atoms with Crippen LogP contribution in [0.1, 0.15) is 29.9 Å². The van der Waals surface area contributed by atoms with Gasteiger partial charge in [0.05, 0.1) is 10.5 Å². The van der Waals surface area contributed by atoms with Gasteiger partial charge >= 0.3 is 5.97 Å². The summed E-state index contributed by atoms with van der Waals surface area (Å²) in [5.74, 6) is -0.382. The van der Waals surface area contributed by atoms with E-state index in [1.54, 1.807) is 12.1 Å². The van der Waals surface area contributed by atoms with Crippen LogP contribution < -0.4 is 9.46 Å². The maximum atomic E-state index is 12.5. The molecule has 0 saturated heterocycles. The zero-order valence-electron chi connectivity index (χ0n) is 12.7. The summed E-state index contributed by atoms with van der Waals surface area (Å²) in [6.45, 7) is 5.44. The van der Waals surface area contributed by atoms with Gasteiger partial charge in [-0.05, 0) is 18.6 Å². The number of hydrogen-bond acceptors (Lipinski definition) is 7. The number of nitrogens with zero attached hydrogens (tertiary/aromatic N) is 1. The van der Waals surface area contributed by atoms with Crippen LogP contribution in [0.15, 0.2) is 31.0 Å². The van der Waals surface area contributed by atoms with E-state index in [9.17, 15) is 13.2 Å². The molecule has 1 N–H and O–H groups in total. The maximum Gasteiger partial charge on any atom is 0.312 e. The van der Waals surface area contributed by atoms with Crippen molar-refractivity contribution in [1.82, 2.24) is 4.98 Å². The molecule has 24 heavy (non-hydrogen) atoms. The van der Waals surface area contributed by atoms with Crippen molar-refractivity contribution in [2.24, 2.45) is 0 Å². The minimum absolute atomic E-state index is 0.115. The van der Waals surface area contributed by atoms with Crippen LogP contribution in [0, 0.1) is 0 Å². The Hall–Kier alpha value is -1.42. The van der Waals surface area contributed by atoms with Crippen molar-refractivity contribution in [3.8, 4) is 5.06 Å².